The molecule has 3 aromatic carbocycles. The van der Waals surface area contributed by atoms with Crippen LogP contribution in [0.1, 0.15) is 37.5 Å². The summed E-state index contributed by atoms with van der Waals surface area (Å²) >= 11 is 5.01. The number of hydrogen-bond donors (Lipinski definition) is 1. The van der Waals surface area contributed by atoms with Crippen molar-refractivity contribution in [3.05, 3.63) is 100 Å². The Balaban J connectivity index is 1.88. The van der Waals surface area contributed by atoms with Crippen molar-refractivity contribution in [2.75, 3.05) is 12.9 Å². The maximum atomic E-state index is 13.7. The molecule has 3 aromatic rings. The van der Waals surface area contributed by atoms with Gasteiger partial charge < -0.3 is 15.0 Å². The van der Waals surface area contributed by atoms with Gasteiger partial charge in [0.05, 0.1) is 12.9 Å². The van der Waals surface area contributed by atoms with Gasteiger partial charge in [-0.2, -0.15) is 0 Å². The molecule has 0 aliphatic carbocycles. The minimum absolute atomic E-state index is 0.0741. The normalized spacial score (nSPS) is 12.0. The van der Waals surface area contributed by atoms with E-state index < -0.39 is 11.6 Å². The standard InChI is InChI=1S/C30H35BrN2O3S/c1-30(2,3)32-29(35)27(18-22-9-6-5-7-10-22)33(19-24-11-8-12-26(17-24)36-4)28(34)21-37-20-23-13-15-25(31)16-14-23/h5-17,27H,18-21H2,1-4H3,(H,32,35)/t27-/m0/s1. The lowest BCUT2D eigenvalue weighted by atomic mass is 10.0. The van der Waals surface area contributed by atoms with Crippen LogP contribution in [0.5, 0.6) is 5.75 Å². The van der Waals surface area contributed by atoms with E-state index in [2.05, 4.69) is 21.2 Å². The van der Waals surface area contributed by atoms with Crippen molar-refractivity contribution in [2.24, 2.45) is 0 Å². The Labute approximate surface area is 233 Å². The maximum Gasteiger partial charge on any atom is 0.243 e. The van der Waals surface area contributed by atoms with E-state index in [4.69, 9.17) is 4.74 Å². The number of nitrogens with one attached hydrogen (secondary N) is 1. The van der Waals surface area contributed by atoms with Crippen LogP contribution in [-0.2, 0) is 28.3 Å². The highest BCUT2D eigenvalue weighted by Gasteiger charge is 2.32. The first-order valence-electron chi connectivity index (χ1n) is 12.2. The Bertz CT molecular complexity index is 1160. The monoisotopic (exact) mass is 582 g/mol. The summed E-state index contributed by atoms with van der Waals surface area (Å²) < 4.78 is 6.42. The first-order valence-corrected chi connectivity index (χ1v) is 14.2. The summed E-state index contributed by atoms with van der Waals surface area (Å²) in [4.78, 5) is 29.1. The molecular weight excluding hydrogens is 548 g/mol. The highest BCUT2D eigenvalue weighted by molar-refractivity contribution is 9.10. The number of ether oxygens (including phenoxy) is 1. The van der Waals surface area contributed by atoms with Gasteiger partial charge in [0.1, 0.15) is 11.8 Å². The topological polar surface area (TPSA) is 58.6 Å². The van der Waals surface area contributed by atoms with Crippen molar-refractivity contribution in [3.8, 4) is 5.75 Å². The van der Waals surface area contributed by atoms with Crippen LogP contribution in [0.4, 0.5) is 0 Å². The molecule has 5 nitrogen and oxygen atoms in total. The van der Waals surface area contributed by atoms with Crippen molar-refractivity contribution in [1.29, 1.82) is 0 Å². The number of thioether (sulfide) groups is 1. The molecule has 37 heavy (non-hydrogen) atoms. The number of amides is 2. The third kappa shape index (κ3) is 9.56. The fourth-order valence-corrected chi connectivity index (χ4v) is 5.03. The second-order valence-corrected chi connectivity index (χ2v) is 11.8. The molecule has 7 heteroatoms. The summed E-state index contributed by atoms with van der Waals surface area (Å²) in [6.07, 6.45) is 0.426. The van der Waals surface area contributed by atoms with Crippen molar-refractivity contribution in [3.63, 3.8) is 0 Å². The number of rotatable bonds is 11. The molecule has 196 valence electrons. The average Bonchev–Trinajstić information content (AvgIpc) is 2.87. The van der Waals surface area contributed by atoms with Crippen LogP contribution in [-0.4, -0.2) is 41.2 Å². The average molecular weight is 584 g/mol. The van der Waals surface area contributed by atoms with E-state index in [1.807, 2.05) is 99.6 Å². The molecule has 3 rings (SSSR count). The van der Waals surface area contributed by atoms with Crippen molar-refractivity contribution < 1.29 is 14.3 Å². The molecule has 0 fully saturated rings. The number of carbonyl (C=O) groups is 2. The maximum absolute atomic E-state index is 13.7. The Morgan fingerprint density at radius 2 is 1.62 bits per heavy atom. The van der Waals surface area contributed by atoms with Crippen LogP contribution < -0.4 is 10.1 Å². The Hall–Kier alpha value is -2.77. The first kappa shape index (κ1) is 28.8. The SMILES string of the molecule is COc1cccc(CN(C(=O)CSCc2ccc(Br)cc2)[C@@H](Cc2ccccc2)C(=O)NC(C)(C)C)c1. The molecule has 1 N–H and O–H groups in total. The summed E-state index contributed by atoms with van der Waals surface area (Å²) in [5.74, 6) is 1.46. The zero-order chi connectivity index (χ0) is 26.8. The smallest absolute Gasteiger partial charge is 0.243 e. The third-order valence-electron chi connectivity index (χ3n) is 5.66. The molecule has 0 aliphatic rings. The molecule has 0 spiro atoms. The Kier molecular flexibility index (Phi) is 10.6. The number of hydrogen-bond acceptors (Lipinski definition) is 4. The summed E-state index contributed by atoms with van der Waals surface area (Å²) in [6, 6.07) is 24.9. The molecule has 0 saturated carbocycles. The van der Waals surface area contributed by atoms with Crippen LogP contribution >= 0.6 is 27.7 Å². The zero-order valence-corrected chi connectivity index (χ0v) is 24.3. The fraction of sp³-hybridized carbons (Fsp3) is 0.333. The van der Waals surface area contributed by atoms with Crippen molar-refractivity contribution in [2.45, 2.75) is 51.1 Å². The van der Waals surface area contributed by atoms with E-state index in [9.17, 15) is 9.59 Å². The van der Waals surface area contributed by atoms with E-state index in [1.54, 1.807) is 23.8 Å². The van der Waals surface area contributed by atoms with Crippen LogP contribution in [0, 0.1) is 0 Å². The van der Waals surface area contributed by atoms with Gasteiger partial charge >= 0.3 is 0 Å². The van der Waals surface area contributed by atoms with Crippen LogP contribution in [0.15, 0.2) is 83.3 Å². The molecule has 0 unspecified atom stereocenters. The van der Waals surface area contributed by atoms with E-state index >= 15 is 0 Å². The second-order valence-electron chi connectivity index (χ2n) is 9.94. The van der Waals surface area contributed by atoms with Crippen LogP contribution in [0.25, 0.3) is 0 Å². The lowest BCUT2D eigenvalue weighted by Gasteiger charge is -2.34. The largest absolute Gasteiger partial charge is 0.497 e. The quantitative estimate of drug-likeness (QED) is 0.290. The predicted molar refractivity (Wildman–Crippen MR) is 156 cm³/mol. The predicted octanol–water partition coefficient (Wildman–Crippen LogP) is 6.25. The van der Waals surface area contributed by atoms with E-state index in [1.165, 1.54) is 0 Å². The van der Waals surface area contributed by atoms with Gasteiger partial charge in [0.25, 0.3) is 0 Å². The summed E-state index contributed by atoms with van der Waals surface area (Å²) in [7, 11) is 1.62. The number of methoxy groups -OCH3 is 1. The van der Waals surface area contributed by atoms with Gasteiger partial charge in [0.15, 0.2) is 0 Å². The van der Waals surface area contributed by atoms with Crippen molar-refractivity contribution >= 4 is 39.5 Å². The molecule has 0 aromatic heterocycles. The summed E-state index contributed by atoms with van der Waals surface area (Å²) in [6.45, 7) is 6.16. The number of nitrogens with zero attached hydrogens (tertiary/aromatic N) is 1. The molecule has 1 atom stereocenters. The van der Waals surface area contributed by atoms with E-state index in [0.717, 1.165) is 21.2 Å². The van der Waals surface area contributed by atoms with Gasteiger partial charge in [-0.05, 0) is 61.7 Å². The lowest BCUT2D eigenvalue weighted by molar-refractivity contribution is -0.140. The Morgan fingerprint density at radius 3 is 2.27 bits per heavy atom. The number of benzene rings is 3. The van der Waals surface area contributed by atoms with Gasteiger partial charge in [-0.25, -0.2) is 0 Å². The molecule has 0 aliphatic heterocycles. The second kappa shape index (κ2) is 13.7. The minimum atomic E-state index is -0.659. The minimum Gasteiger partial charge on any atom is -0.497 e. The molecule has 0 bridgehead atoms. The fourth-order valence-electron chi connectivity index (χ4n) is 3.89. The molecular formula is C30H35BrN2O3S. The lowest BCUT2D eigenvalue weighted by Crippen LogP contribution is -2.54. The molecule has 0 radical (unpaired) electrons. The number of carbonyl (C=O) groups excluding carboxylic acids is 2. The van der Waals surface area contributed by atoms with Gasteiger partial charge in [-0.3, -0.25) is 9.59 Å². The highest BCUT2D eigenvalue weighted by Crippen LogP contribution is 2.21. The van der Waals surface area contributed by atoms with Crippen molar-refractivity contribution in [1.82, 2.24) is 10.2 Å². The summed E-state index contributed by atoms with van der Waals surface area (Å²) in [5.41, 5.74) is 2.63. The third-order valence-corrected chi connectivity index (χ3v) is 7.18. The van der Waals surface area contributed by atoms with E-state index in [0.29, 0.717) is 24.5 Å². The van der Waals surface area contributed by atoms with Crippen LogP contribution in [0.3, 0.4) is 0 Å². The van der Waals surface area contributed by atoms with Crippen LogP contribution in [0.2, 0.25) is 0 Å². The first-order chi connectivity index (χ1) is 17.6. The molecule has 0 saturated heterocycles. The highest BCUT2D eigenvalue weighted by atomic mass is 79.9. The Morgan fingerprint density at radius 1 is 0.946 bits per heavy atom. The van der Waals surface area contributed by atoms with Gasteiger partial charge in [0, 0.05) is 28.7 Å². The van der Waals surface area contributed by atoms with Gasteiger partial charge in [0.2, 0.25) is 11.8 Å². The van der Waals surface area contributed by atoms with Gasteiger partial charge in [-0.15, -0.1) is 11.8 Å². The zero-order valence-electron chi connectivity index (χ0n) is 21.9. The summed E-state index contributed by atoms with van der Waals surface area (Å²) in [5, 5.41) is 3.10. The molecule has 0 heterocycles. The van der Waals surface area contributed by atoms with E-state index in [-0.39, 0.29) is 17.6 Å². The van der Waals surface area contributed by atoms with Gasteiger partial charge in [-0.1, -0.05) is 70.5 Å². The molecule has 2 amide bonds. The number of halogens is 1.